The van der Waals surface area contributed by atoms with Crippen molar-refractivity contribution in [3.8, 4) is 10.4 Å². The van der Waals surface area contributed by atoms with Crippen LogP contribution in [0.2, 0.25) is 0 Å². The van der Waals surface area contributed by atoms with E-state index in [1.807, 2.05) is 68.1 Å². The molecular formula is C29H31N5O3S. The number of ether oxygens (including phenoxy) is 1. The van der Waals surface area contributed by atoms with Gasteiger partial charge in [0.1, 0.15) is 5.60 Å². The number of carbonyl (C=O) groups excluding carboxylic acids is 2. The quantitative estimate of drug-likeness (QED) is 0.332. The first kappa shape index (κ1) is 24.6. The van der Waals surface area contributed by atoms with Gasteiger partial charge in [-0.1, -0.05) is 12.1 Å². The van der Waals surface area contributed by atoms with E-state index in [1.165, 1.54) is 11.3 Å². The lowest BCUT2D eigenvalue weighted by molar-refractivity contribution is 0.0199. The van der Waals surface area contributed by atoms with Gasteiger partial charge in [-0.3, -0.25) is 15.1 Å². The number of carbonyl (C=O) groups is 2. The minimum atomic E-state index is -0.501. The molecule has 1 saturated carbocycles. The third-order valence-corrected chi connectivity index (χ3v) is 8.54. The molecule has 6 rings (SSSR count). The highest BCUT2D eigenvalue weighted by molar-refractivity contribution is 7.17. The molecule has 2 aliphatic rings. The molecule has 1 aliphatic heterocycles. The van der Waals surface area contributed by atoms with Crippen LogP contribution in [-0.4, -0.2) is 50.1 Å². The van der Waals surface area contributed by atoms with Crippen molar-refractivity contribution < 1.29 is 14.3 Å². The maximum absolute atomic E-state index is 13.3. The summed E-state index contributed by atoms with van der Waals surface area (Å²) in [6.45, 7) is 7.11. The number of thiophene rings is 1. The normalized spacial score (nSPS) is 21.0. The molecule has 1 aromatic carbocycles. The predicted molar refractivity (Wildman–Crippen MR) is 148 cm³/mol. The summed E-state index contributed by atoms with van der Waals surface area (Å²) in [6, 6.07) is 15.9. The largest absolute Gasteiger partial charge is 0.444 e. The maximum atomic E-state index is 13.3. The summed E-state index contributed by atoms with van der Waals surface area (Å²) in [4.78, 5) is 38.2. The fraction of sp³-hybridized carbons (Fsp3) is 0.379. The Morgan fingerprint density at radius 2 is 1.84 bits per heavy atom. The second kappa shape index (κ2) is 9.23. The van der Waals surface area contributed by atoms with Crippen LogP contribution in [-0.2, 0) is 4.74 Å². The number of amides is 2. The molecule has 0 bridgehead atoms. The van der Waals surface area contributed by atoms with E-state index in [9.17, 15) is 9.59 Å². The number of likely N-dealkylation sites (tertiary alicyclic amines) is 1. The number of rotatable bonds is 4. The van der Waals surface area contributed by atoms with Crippen LogP contribution in [0.3, 0.4) is 0 Å². The summed E-state index contributed by atoms with van der Waals surface area (Å²) >= 11 is 1.45. The van der Waals surface area contributed by atoms with Crippen LogP contribution >= 0.6 is 11.3 Å². The maximum Gasteiger partial charge on any atom is 0.410 e. The summed E-state index contributed by atoms with van der Waals surface area (Å²) in [5.41, 5.74) is 2.48. The predicted octanol–water partition coefficient (Wildman–Crippen LogP) is 6.37. The van der Waals surface area contributed by atoms with E-state index in [2.05, 4.69) is 20.9 Å². The van der Waals surface area contributed by atoms with Crippen molar-refractivity contribution in [2.75, 3.05) is 18.4 Å². The number of benzene rings is 1. The Kier molecular flexibility index (Phi) is 5.98. The summed E-state index contributed by atoms with van der Waals surface area (Å²) in [5, 5.41) is 3.09. The minimum Gasteiger partial charge on any atom is -0.444 e. The SMILES string of the molecule is CC(C)(C)OC(=O)N1CC[C@]2(C1)C[C@H](n1c(NC(=O)c3ccc(-c4ccncc4)s3)nc3ccccc31)C2. The van der Waals surface area contributed by atoms with Crippen molar-refractivity contribution in [2.24, 2.45) is 5.41 Å². The molecule has 0 radical (unpaired) electrons. The molecular weight excluding hydrogens is 498 g/mol. The third kappa shape index (κ3) is 4.67. The molecule has 9 heteroatoms. The highest BCUT2D eigenvalue weighted by Gasteiger charge is 2.51. The molecule has 38 heavy (non-hydrogen) atoms. The number of nitrogens with zero attached hydrogens (tertiary/aromatic N) is 4. The van der Waals surface area contributed by atoms with E-state index in [4.69, 9.17) is 9.72 Å². The van der Waals surface area contributed by atoms with Crippen LogP contribution in [0, 0.1) is 5.41 Å². The number of fused-ring (bicyclic) bond motifs is 1. The topological polar surface area (TPSA) is 89.4 Å². The lowest BCUT2D eigenvalue weighted by atomic mass is 9.65. The highest BCUT2D eigenvalue weighted by atomic mass is 32.1. The smallest absolute Gasteiger partial charge is 0.410 e. The lowest BCUT2D eigenvalue weighted by Gasteiger charge is -2.46. The summed E-state index contributed by atoms with van der Waals surface area (Å²) in [5.74, 6) is 0.398. The van der Waals surface area contributed by atoms with Gasteiger partial charge >= 0.3 is 6.09 Å². The van der Waals surface area contributed by atoms with Gasteiger partial charge in [0.25, 0.3) is 5.91 Å². The number of aromatic nitrogens is 3. The Morgan fingerprint density at radius 3 is 2.61 bits per heavy atom. The summed E-state index contributed by atoms with van der Waals surface area (Å²) in [6.07, 6.45) is 6.09. The van der Waals surface area contributed by atoms with E-state index >= 15 is 0 Å². The van der Waals surface area contributed by atoms with Crippen molar-refractivity contribution in [1.82, 2.24) is 19.4 Å². The van der Waals surface area contributed by atoms with Gasteiger partial charge in [-0.25, -0.2) is 9.78 Å². The first-order chi connectivity index (χ1) is 18.2. The van der Waals surface area contributed by atoms with Gasteiger partial charge in [0.2, 0.25) is 5.95 Å². The van der Waals surface area contributed by atoms with Gasteiger partial charge < -0.3 is 14.2 Å². The van der Waals surface area contributed by atoms with Crippen LogP contribution in [0.25, 0.3) is 21.5 Å². The summed E-state index contributed by atoms with van der Waals surface area (Å²) < 4.78 is 7.77. The zero-order valence-electron chi connectivity index (χ0n) is 21.8. The zero-order valence-corrected chi connectivity index (χ0v) is 22.6. The Bertz CT molecular complexity index is 1500. The second-order valence-electron chi connectivity index (χ2n) is 11.4. The van der Waals surface area contributed by atoms with Crippen molar-refractivity contribution in [3.05, 3.63) is 65.8 Å². The molecule has 2 amide bonds. The third-order valence-electron chi connectivity index (χ3n) is 7.41. The molecule has 8 nitrogen and oxygen atoms in total. The molecule has 0 atom stereocenters. The molecule has 4 aromatic rings. The zero-order chi connectivity index (χ0) is 26.5. The molecule has 196 valence electrons. The van der Waals surface area contributed by atoms with Crippen LogP contribution in [0.1, 0.15) is 55.7 Å². The van der Waals surface area contributed by atoms with Crippen LogP contribution in [0.5, 0.6) is 0 Å². The van der Waals surface area contributed by atoms with Gasteiger partial charge in [0.15, 0.2) is 0 Å². The molecule has 1 N–H and O–H groups in total. The Labute approximate surface area is 225 Å². The summed E-state index contributed by atoms with van der Waals surface area (Å²) in [7, 11) is 0. The Balaban J connectivity index is 1.20. The number of hydrogen-bond donors (Lipinski definition) is 1. The van der Waals surface area contributed by atoms with Crippen molar-refractivity contribution in [1.29, 1.82) is 0 Å². The molecule has 1 saturated heterocycles. The van der Waals surface area contributed by atoms with Gasteiger partial charge in [-0.15, -0.1) is 11.3 Å². The average Bonchev–Trinajstić information content (AvgIpc) is 3.59. The van der Waals surface area contributed by atoms with Crippen LogP contribution in [0.15, 0.2) is 60.9 Å². The Hall–Kier alpha value is -3.72. The monoisotopic (exact) mass is 529 g/mol. The fourth-order valence-corrected chi connectivity index (χ4v) is 6.58. The number of hydrogen-bond acceptors (Lipinski definition) is 6. The van der Waals surface area contributed by atoms with E-state index < -0.39 is 5.60 Å². The average molecular weight is 530 g/mol. The van der Waals surface area contributed by atoms with Gasteiger partial charge in [0.05, 0.1) is 15.9 Å². The highest BCUT2D eigenvalue weighted by Crippen LogP contribution is 2.55. The van der Waals surface area contributed by atoms with E-state index in [1.54, 1.807) is 12.4 Å². The molecule has 1 aliphatic carbocycles. The molecule has 1 spiro atoms. The minimum absolute atomic E-state index is 0.0847. The number of para-hydroxylation sites is 2. The standard InChI is InChI=1S/C29H31N5O3S/c1-28(2,3)37-27(36)33-15-12-29(18-33)16-20(17-29)34-22-7-5-4-6-21(22)31-26(34)32-25(35)24-9-8-23(38-24)19-10-13-30-14-11-19/h4-11,13-14,20H,12,15-18H2,1-3H3,(H,31,32,35)/t20-,29-. The first-order valence-corrected chi connectivity index (χ1v) is 13.8. The van der Waals surface area contributed by atoms with E-state index in [0.717, 1.165) is 40.7 Å². The van der Waals surface area contributed by atoms with Crippen molar-refractivity contribution >= 4 is 40.3 Å². The van der Waals surface area contributed by atoms with Crippen molar-refractivity contribution in [3.63, 3.8) is 0 Å². The second-order valence-corrected chi connectivity index (χ2v) is 12.4. The molecule has 4 heterocycles. The molecule has 3 aromatic heterocycles. The van der Waals surface area contributed by atoms with Crippen LogP contribution in [0.4, 0.5) is 10.7 Å². The fourth-order valence-electron chi connectivity index (χ4n) is 5.67. The van der Waals surface area contributed by atoms with E-state index in [0.29, 0.717) is 23.9 Å². The van der Waals surface area contributed by atoms with Gasteiger partial charge in [-0.2, -0.15) is 0 Å². The first-order valence-electron chi connectivity index (χ1n) is 13.0. The van der Waals surface area contributed by atoms with Crippen molar-refractivity contribution in [2.45, 2.75) is 51.7 Å². The van der Waals surface area contributed by atoms with Crippen LogP contribution < -0.4 is 5.32 Å². The molecule has 0 unspecified atom stereocenters. The Morgan fingerprint density at radius 1 is 1.08 bits per heavy atom. The lowest BCUT2D eigenvalue weighted by Crippen LogP contribution is -2.43. The van der Waals surface area contributed by atoms with E-state index in [-0.39, 0.29) is 23.5 Å². The number of pyridine rings is 1. The molecule has 2 fully saturated rings. The number of imidazole rings is 1. The number of anilines is 1. The van der Waals surface area contributed by atoms with Gasteiger partial charge in [0, 0.05) is 36.4 Å². The number of nitrogens with one attached hydrogen (secondary N) is 1. The van der Waals surface area contributed by atoms with Gasteiger partial charge in [-0.05, 0) is 87.4 Å².